The third-order valence-corrected chi connectivity index (χ3v) is 4.61. The molecule has 0 atom stereocenters. The lowest BCUT2D eigenvalue weighted by Crippen LogP contribution is -2.14. The van der Waals surface area contributed by atoms with Crippen LogP contribution in [0.15, 0.2) is 24.3 Å². The maximum absolute atomic E-state index is 12.0. The minimum absolute atomic E-state index is 0.0864. The molecule has 1 aromatic heterocycles. The van der Waals surface area contributed by atoms with Gasteiger partial charge in [0, 0.05) is 30.1 Å². The Hall–Kier alpha value is -2.07. The van der Waals surface area contributed by atoms with Crippen LogP contribution in [-0.4, -0.2) is 22.2 Å². The number of carbonyl (C=O) groups excluding carboxylic acids is 1. The van der Waals surface area contributed by atoms with Gasteiger partial charge in [-0.3, -0.25) is 4.79 Å². The van der Waals surface area contributed by atoms with Gasteiger partial charge in [-0.1, -0.05) is 45.0 Å². The number of carbonyl (C=O) groups is 1. The second-order valence-corrected chi connectivity index (χ2v) is 7.34. The summed E-state index contributed by atoms with van der Waals surface area (Å²) in [7, 11) is 0. The molecule has 0 aliphatic rings. The van der Waals surface area contributed by atoms with Crippen LogP contribution in [0.5, 0.6) is 0 Å². The van der Waals surface area contributed by atoms with Gasteiger partial charge in [0.2, 0.25) is 0 Å². The molecular weight excluding hydrogens is 300 g/mol. The Labute approximate surface area is 144 Å². The second kappa shape index (κ2) is 6.81. The molecule has 0 aliphatic heterocycles. The van der Waals surface area contributed by atoms with Crippen LogP contribution in [0.2, 0.25) is 0 Å². The number of rotatable bonds is 5. The Morgan fingerprint density at radius 2 is 1.71 bits per heavy atom. The van der Waals surface area contributed by atoms with Crippen molar-refractivity contribution in [3.8, 4) is 11.1 Å². The standard InChI is InChI=1S/C20H28N2O2/c1-13-17(15-7-9-16(10-8-15)20(3,4)5)18(19(21)24)14(2)22(13)11-6-12-23/h7-10,23H,6,11-12H2,1-5H3,(H2,21,24). The minimum atomic E-state index is -0.409. The lowest BCUT2D eigenvalue weighted by molar-refractivity contribution is 0.1000. The Bertz CT molecular complexity index is 734. The lowest BCUT2D eigenvalue weighted by Gasteiger charge is -2.19. The molecule has 0 unspecified atom stereocenters. The molecule has 3 N–H and O–H groups in total. The van der Waals surface area contributed by atoms with Crippen LogP contribution < -0.4 is 5.73 Å². The van der Waals surface area contributed by atoms with E-state index >= 15 is 0 Å². The van der Waals surface area contributed by atoms with E-state index in [2.05, 4.69) is 49.6 Å². The lowest BCUT2D eigenvalue weighted by atomic mass is 9.86. The highest BCUT2D eigenvalue weighted by Crippen LogP contribution is 2.34. The van der Waals surface area contributed by atoms with Gasteiger partial charge in [0.05, 0.1) is 5.56 Å². The highest BCUT2D eigenvalue weighted by Gasteiger charge is 2.23. The number of amides is 1. The van der Waals surface area contributed by atoms with E-state index in [9.17, 15) is 4.79 Å². The molecule has 0 aliphatic carbocycles. The molecule has 1 heterocycles. The van der Waals surface area contributed by atoms with Gasteiger partial charge in [-0.05, 0) is 36.8 Å². The van der Waals surface area contributed by atoms with Gasteiger partial charge in [0.1, 0.15) is 0 Å². The van der Waals surface area contributed by atoms with Gasteiger partial charge < -0.3 is 15.4 Å². The number of primary amides is 1. The highest BCUT2D eigenvalue weighted by atomic mass is 16.3. The Morgan fingerprint density at radius 3 is 2.17 bits per heavy atom. The van der Waals surface area contributed by atoms with Crippen molar-refractivity contribution in [3.63, 3.8) is 0 Å². The molecule has 24 heavy (non-hydrogen) atoms. The van der Waals surface area contributed by atoms with Crippen LogP contribution in [0.3, 0.4) is 0 Å². The van der Waals surface area contributed by atoms with Crippen molar-refractivity contribution in [2.75, 3.05) is 6.61 Å². The van der Waals surface area contributed by atoms with Crippen LogP contribution in [0.25, 0.3) is 11.1 Å². The van der Waals surface area contributed by atoms with Crippen molar-refractivity contribution in [3.05, 3.63) is 46.8 Å². The van der Waals surface area contributed by atoms with Crippen LogP contribution in [0, 0.1) is 13.8 Å². The summed E-state index contributed by atoms with van der Waals surface area (Å²) in [4.78, 5) is 12.0. The molecule has 4 heteroatoms. The summed E-state index contributed by atoms with van der Waals surface area (Å²) in [5, 5.41) is 9.11. The molecule has 0 saturated heterocycles. The van der Waals surface area contributed by atoms with Crippen molar-refractivity contribution >= 4 is 5.91 Å². The fraction of sp³-hybridized carbons (Fsp3) is 0.450. The zero-order valence-corrected chi connectivity index (χ0v) is 15.3. The molecular formula is C20H28N2O2. The zero-order chi connectivity index (χ0) is 18.1. The molecule has 4 nitrogen and oxygen atoms in total. The third-order valence-electron chi connectivity index (χ3n) is 4.61. The quantitative estimate of drug-likeness (QED) is 0.881. The van der Waals surface area contributed by atoms with Crippen LogP contribution in [0.4, 0.5) is 0 Å². The van der Waals surface area contributed by atoms with Gasteiger partial charge in [0.15, 0.2) is 0 Å². The normalized spacial score (nSPS) is 11.8. The third kappa shape index (κ3) is 3.39. The number of benzene rings is 1. The molecule has 0 fully saturated rings. The smallest absolute Gasteiger partial charge is 0.251 e. The SMILES string of the molecule is Cc1c(C(N)=O)c(-c2ccc(C(C)(C)C)cc2)c(C)n1CCCO. The van der Waals surface area contributed by atoms with Gasteiger partial charge in [0.25, 0.3) is 5.91 Å². The zero-order valence-electron chi connectivity index (χ0n) is 15.3. The molecule has 2 aromatic rings. The van der Waals surface area contributed by atoms with Crippen molar-refractivity contribution < 1.29 is 9.90 Å². The number of aliphatic hydroxyl groups excluding tert-OH is 1. The maximum Gasteiger partial charge on any atom is 0.251 e. The molecule has 2 rings (SSSR count). The summed E-state index contributed by atoms with van der Waals surface area (Å²) >= 11 is 0. The van der Waals surface area contributed by atoms with Crippen LogP contribution >= 0.6 is 0 Å². The molecule has 1 amide bonds. The van der Waals surface area contributed by atoms with E-state index in [0.717, 1.165) is 22.5 Å². The Balaban J connectivity index is 2.58. The summed E-state index contributed by atoms with van der Waals surface area (Å²) in [5.41, 5.74) is 11.4. The highest BCUT2D eigenvalue weighted by molar-refractivity contribution is 6.02. The van der Waals surface area contributed by atoms with Crippen molar-refractivity contribution in [1.82, 2.24) is 4.57 Å². The molecule has 0 bridgehead atoms. The van der Waals surface area contributed by atoms with E-state index in [1.54, 1.807) is 0 Å². The maximum atomic E-state index is 12.0. The molecule has 130 valence electrons. The average Bonchev–Trinajstić information content (AvgIpc) is 2.75. The first-order valence-electron chi connectivity index (χ1n) is 8.39. The molecule has 0 spiro atoms. The summed E-state index contributed by atoms with van der Waals surface area (Å²) in [6.45, 7) is 11.3. The molecule has 1 aromatic carbocycles. The predicted octanol–water partition coefficient (Wildman–Crippen LogP) is 3.55. The van der Waals surface area contributed by atoms with Crippen molar-refractivity contribution in [2.45, 2.75) is 53.0 Å². The van der Waals surface area contributed by atoms with E-state index in [0.29, 0.717) is 18.5 Å². The van der Waals surface area contributed by atoms with E-state index in [-0.39, 0.29) is 12.0 Å². The largest absolute Gasteiger partial charge is 0.396 e. The summed E-state index contributed by atoms with van der Waals surface area (Å²) in [6.07, 6.45) is 0.650. The van der Waals surface area contributed by atoms with E-state index in [1.165, 1.54) is 5.56 Å². The number of aromatic nitrogens is 1. The van der Waals surface area contributed by atoms with Crippen LogP contribution in [-0.2, 0) is 12.0 Å². The van der Waals surface area contributed by atoms with Gasteiger partial charge in [-0.2, -0.15) is 0 Å². The summed E-state index contributed by atoms with van der Waals surface area (Å²) in [6, 6.07) is 8.34. The number of hydrogen-bond donors (Lipinski definition) is 2. The average molecular weight is 328 g/mol. The first-order chi connectivity index (χ1) is 11.2. The fourth-order valence-corrected chi connectivity index (χ4v) is 3.24. The van der Waals surface area contributed by atoms with E-state index in [1.807, 2.05) is 13.8 Å². The number of aliphatic hydroxyl groups is 1. The van der Waals surface area contributed by atoms with Gasteiger partial charge >= 0.3 is 0 Å². The Morgan fingerprint density at radius 1 is 1.12 bits per heavy atom. The Kier molecular flexibility index (Phi) is 5.19. The van der Waals surface area contributed by atoms with Gasteiger partial charge in [-0.15, -0.1) is 0 Å². The summed E-state index contributed by atoms with van der Waals surface area (Å²) in [5.74, 6) is -0.409. The number of nitrogens with two attached hydrogens (primary N) is 1. The molecule has 0 radical (unpaired) electrons. The first-order valence-corrected chi connectivity index (χ1v) is 8.39. The fourth-order valence-electron chi connectivity index (χ4n) is 3.24. The summed E-state index contributed by atoms with van der Waals surface area (Å²) < 4.78 is 2.07. The van der Waals surface area contributed by atoms with E-state index < -0.39 is 5.91 Å². The number of nitrogens with zero attached hydrogens (tertiary/aromatic N) is 1. The first kappa shape index (κ1) is 18.3. The van der Waals surface area contributed by atoms with Crippen molar-refractivity contribution in [1.29, 1.82) is 0 Å². The number of hydrogen-bond acceptors (Lipinski definition) is 2. The van der Waals surface area contributed by atoms with Crippen molar-refractivity contribution in [2.24, 2.45) is 5.73 Å². The molecule has 0 saturated carbocycles. The topological polar surface area (TPSA) is 68.2 Å². The van der Waals surface area contributed by atoms with Crippen LogP contribution in [0.1, 0.15) is 54.5 Å². The predicted molar refractivity (Wildman–Crippen MR) is 98.3 cm³/mol. The minimum Gasteiger partial charge on any atom is -0.396 e. The second-order valence-electron chi connectivity index (χ2n) is 7.34. The van der Waals surface area contributed by atoms with E-state index in [4.69, 9.17) is 10.8 Å². The monoisotopic (exact) mass is 328 g/mol. The van der Waals surface area contributed by atoms with Gasteiger partial charge in [-0.25, -0.2) is 0 Å².